The number of aryl methyl sites for hydroxylation is 1. The summed E-state index contributed by atoms with van der Waals surface area (Å²) >= 11 is 4.69. The molecule has 0 saturated carbocycles. The topological polar surface area (TPSA) is 72.2 Å². The highest BCUT2D eigenvalue weighted by Crippen LogP contribution is 2.21. The van der Waals surface area contributed by atoms with Crippen molar-refractivity contribution in [3.05, 3.63) is 70.5 Å². The van der Waals surface area contributed by atoms with Crippen molar-refractivity contribution in [3.8, 4) is 5.69 Å². The molecule has 1 aromatic heterocycles. The van der Waals surface area contributed by atoms with E-state index < -0.39 is 0 Å². The number of nitrogens with zero attached hydrogens (tertiary/aromatic N) is 4. The highest BCUT2D eigenvalue weighted by atomic mass is 79.9. The minimum Gasteiger partial charge on any atom is -0.274 e. The van der Waals surface area contributed by atoms with E-state index in [1.165, 1.54) is 11.8 Å². The Labute approximate surface area is 163 Å². The van der Waals surface area contributed by atoms with Gasteiger partial charge in [0.25, 0.3) is 5.91 Å². The lowest BCUT2D eigenvalue weighted by molar-refractivity contribution is -0.118. The maximum atomic E-state index is 12.0. The highest BCUT2D eigenvalue weighted by Gasteiger charge is 2.12. The summed E-state index contributed by atoms with van der Waals surface area (Å²) in [6.07, 6.45) is 1.60. The van der Waals surface area contributed by atoms with Crippen molar-refractivity contribution in [1.82, 2.24) is 20.2 Å². The van der Waals surface area contributed by atoms with Crippen LogP contribution in [0.1, 0.15) is 11.4 Å². The Morgan fingerprint density at radius 2 is 1.92 bits per heavy atom. The molecule has 3 aromatic rings. The van der Waals surface area contributed by atoms with Crippen LogP contribution in [0, 0.1) is 6.92 Å². The van der Waals surface area contributed by atoms with E-state index in [1.54, 1.807) is 6.21 Å². The van der Waals surface area contributed by atoms with Crippen molar-refractivity contribution in [2.45, 2.75) is 12.1 Å². The third-order valence-corrected chi connectivity index (χ3v) is 4.87. The van der Waals surface area contributed by atoms with Crippen molar-refractivity contribution in [3.63, 3.8) is 0 Å². The fourth-order valence-corrected chi connectivity index (χ4v) is 3.26. The summed E-state index contributed by atoms with van der Waals surface area (Å²) in [7, 11) is 0. The van der Waals surface area contributed by atoms with E-state index in [2.05, 4.69) is 36.7 Å². The predicted molar refractivity (Wildman–Crippen MR) is 107 cm³/mol. The van der Waals surface area contributed by atoms with Crippen LogP contribution in [0.25, 0.3) is 5.69 Å². The van der Waals surface area contributed by atoms with Gasteiger partial charge in [-0.3, -0.25) is 9.36 Å². The number of aromatic nitrogens is 3. The molecule has 0 aliphatic rings. The second kappa shape index (κ2) is 8.77. The van der Waals surface area contributed by atoms with Crippen LogP contribution in [0.15, 0.2) is 69.3 Å². The fraction of sp³-hybridized carbons (Fsp3) is 0.111. The van der Waals surface area contributed by atoms with E-state index in [1.807, 2.05) is 66.1 Å². The van der Waals surface area contributed by atoms with Crippen LogP contribution in [0.3, 0.4) is 0 Å². The maximum Gasteiger partial charge on any atom is 0.250 e. The molecule has 0 bridgehead atoms. The summed E-state index contributed by atoms with van der Waals surface area (Å²) in [5, 5.41) is 12.9. The Balaban J connectivity index is 1.58. The molecule has 2 aromatic carbocycles. The number of carbonyl (C=O) groups is 1. The Morgan fingerprint density at radius 3 is 2.65 bits per heavy atom. The number of nitrogens with one attached hydrogen (secondary N) is 1. The van der Waals surface area contributed by atoms with Crippen LogP contribution in [0.4, 0.5) is 0 Å². The summed E-state index contributed by atoms with van der Waals surface area (Å²) in [4.78, 5) is 12.0. The van der Waals surface area contributed by atoms with Gasteiger partial charge in [0.1, 0.15) is 5.82 Å². The van der Waals surface area contributed by atoms with Crippen LogP contribution in [-0.2, 0) is 4.79 Å². The van der Waals surface area contributed by atoms with Gasteiger partial charge in [0, 0.05) is 10.2 Å². The molecule has 132 valence electrons. The Kier molecular flexibility index (Phi) is 6.19. The van der Waals surface area contributed by atoms with Gasteiger partial charge in [0.05, 0.1) is 12.0 Å². The summed E-state index contributed by atoms with van der Waals surface area (Å²) in [5.74, 6) is 0.763. The average Bonchev–Trinajstić information content (AvgIpc) is 3.03. The third-order valence-electron chi connectivity index (χ3n) is 3.41. The van der Waals surface area contributed by atoms with Crippen molar-refractivity contribution < 1.29 is 4.79 Å². The Morgan fingerprint density at radius 1 is 1.19 bits per heavy atom. The quantitative estimate of drug-likeness (QED) is 0.369. The number of hydrogen-bond donors (Lipinski definition) is 1. The maximum absolute atomic E-state index is 12.0. The van der Waals surface area contributed by atoms with E-state index in [0.717, 1.165) is 21.5 Å². The molecule has 1 heterocycles. The molecule has 6 nitrogen and oxygen atoms in total. The van der Waals surface area contributed by atoms with Crippen molar-refractivity contribution in [2.75, 3.05) is 5.75 Å². The normalized spacial score (nSPS) is 11.0. The summed E-state index contributed by atoms with van der Waals surface area (Å²) in [6, 6.07) is 17.4. The fourth-order valence-electron chi connectivity index (χ4n) is 2.20. The highest BCUT2D eigenvalue weighted by molar-refractivity contribution is 9.10. The van der Waals surface area contributed by atoms with Gasteiger partial charge in [-0.2, -0.15) is 5.10 Å². The smallest absolute Gasteiger partial charge is 0.250 e. The molecule has 1 N–H and O–H groups in total. The van der Waals surface area contributed by atoms with Crippen molar-refractivity contribution in [1.29, 1.82) is 0 Å². The van der Waals surface area contributed by atoms with E-state index >= 15 is 0 Å². The van der Waals surface area contributed by atoms with Gasteiger partial charge in [-0.25, -0.2) is 5.43 Å². The molecule has 0 saturated heterocycles. The van der Waals surface area contributed by atoms with Gasteiger partial charge >= 0.3 is 0 Å². The molecule has 0 atom stereocenters. The SMILES string of the molecule is Cc1nnc(SCC(=O)N/N=C/c2ccc(Br)cc2)n1-c1ccccc1. The number of hydrogen-bond acceptors (Lipinski definition) is 5. The first-order valence-electron chi connectivity index (χ1n) is 7.81. The second-order valence-electron chi connectivity index (χ2n) is 5.33. The number of halogens is 1. The average molecular weight is 430 g/mol. The van der Waals surface area contributed by atoms with Gasteiger partial charge in [-0.1, -0.05) is 58.0 Å². The molecule has 0 spiro atoms. The summed E-state index contributed by atoms with van der Waals surface area (Å²) in [5.41, 5.74) is 4.39. The van der Waals surface area contributed by atoms with Crippen LogP contribution < -0.4 is 5.43 Å². The number of thioether (sulfide) groups is 1. The predicted octanol–water partition coefficient (Wildman–Crippen LogP) is 3.58. The summed E-state index contributed by atoms with van der Waals surface area (Å²) < 4.78 is 2.91. The minimum atomic E-state index is -0.205. The molecule has 0 fully saturated rings. The van der Waals surface area contributed by atoms with Crippen LogP contribution in [-0.4, -0.2) is 32.6 Å². The molecule has 8 heteroatoms. The van der Waals surface area contributed by atoms with Crippen LogP contribution >= 0.6 is 27.7 Å². The third kappa shape index (κ3) is 4.80. The number of para-hydroxylation sites is 1. The standard InChI is InChI=1S/C18H16BrN5OS/c1-13-21-23-18(24(13)16-5-3-2-4-6-16)26-12-17(25)22-20-11-14-7-9-15(19)10-8-14/h2-11H,12H2,1H3,(H,22,25)/b20-11+. The zero-order valence-electron chi connectivity index (χ0n) is 14.0. The van der Waals surface area contributed by atoms with E-state index in [4.69, 9.17) is 0 Å². The number of rotatable bonds is 6. The molecule has 1 amide bonds. The van der Waals surface area contributed by atoms with Gasteiger partial charge in [-0.15, -0.1) is 10.2 Å². The first kappa shape index (κ1) is 18.3. The molecule has 0 radical (unpaired) electrons. The van der Waals surface area contributed by atoms with Gasteiger partial charge in [0.2, 0.25) is 0 Å². The van der Waals surface area contributed by atoms with Gasteiger partial charge in [0.15, 0.2) is 5.16 Å². The Bertz CT molecular complexity index is 909. The van der Waals surface area contributed by atoms with Gasteiger partial charge in [-0.05, 0) is 36.8 Å². The number of amides is 1. The molecule has 0 aliphatic heterocycles. The van der Waals surface area contributed by atoms with E-state index in [-0.39, 0.29) is 11.7 Å². The first-order chi connectivity index (χ1) is 12.6. The lowest BCUT2D eigenvalue weighted by atomic mass is 10.2. The van der Waals surface area contributed by atoms with Crippen LogP contribution in [0.2, 0.25) is 0 Å². The summed E-state index contributed by atoms with van der Waals surface area (Å²) in [6.45, 7) is 1.88. The lowest BCUT2D eigenvalue weighted by Crippen LogP contribution is -2.20. The minimum absolute atomic E-state index is 0.197. The Hall–Kier alpha value is -2.45. The number of hydrazone groups is 1. The van der Waals surface area contributed by atoms with Crippen molar-refractivity contribution >= 4 is 39.8 Å². The monoisotopic (exact) mass is 429 g/mol. The largest absolute Gasteiger partial charge is 0.274 e. The number of benzene rings is 2. The zero-order valence-corrected chi connectivity index (χ0v) is 16.4. The second-order valence-corrected chi connectivity index (χ2v) is 7.19. The molecule has 3 rings (SSSR count). The lowest BCUT2D eigenvalue weighted by Gasteiger charge is -2.07. The number of carbonyl (C=O) groups excluding carboxylic acids is 1. The first-order valence-corrected chi connectivity index (χ1v) is 9.59. The van der Waals surface area contributed by atoms with E-state index in [0.29, 0.717) is 5.16 Å². The zero-order chi connectivity index (χ0) is 18.4. The molecule has 0 aliphatic carbocycles. The van der Waals surface area contributed by atoms with Crippen molar-refractivity contribution in [2.24, 2.45) is 5.10 Å². The van der Waals surface area contributed by atoms with E-state index in [9.17, 15) is 4.79 Å². The molecule has 0 unspecified atom stereocenters. The molecule has 26 heavy (non-hydrogen) atoms. The van der Waals surface area contributed by atoms with Gasteiger partial charge < -0.3 is 0 Å². The molecular formula is C18H16BrN5OS. The van der Waals surface area contributed by atoms with Crippen LogP contribution in [0.5, 0.6) is 0 Å². The molecular weight excluding hydrogens is 414 g/mol.